The second-order valence-electron chi connectivity index (χ2n) is 5.32. The summed E-state index contributed by atoms with van der Waals surface area (Å²) in [6, 6.07) is 3.82. The normalized spacial score (nSPS) is 17.0. The molecule has 6 heteroatoms. The van der Waals surface area contributed by atoms with Crippen LogP contribution in [0.5, 0.6) is 0 Å². The Hall–Kier alpha value is -1.66. The Bertz CT molecular complexity index is 457. The maximum atomic E-state index is 8.67. The van der Waals surface area contributed by atoms with Gasteiger partial charge in [0.05, 0.1) is 0 Å². The van der Waals surface area contributed by atoms with Crippen LogP contribution in [0.15, 0.2) is 23.5 Å². The topological polar surface area (TPSA) is 78.0 Å². The number of aromatic nitrogens is 1. The minimum Gasteiger partial charge on any atom is -0.409 e. The van der Waals surface area contributed by atoms with Gasteiger partial charge in [-0.1, -0.05) is 5.16 Å². The van der Waals surface area contributed by atoms with Gasteiger partial charge in [0.15, 0.2) is 5.84 Å². The third-order valence-corrected chi connectivity index (χ3v) is 3.64. The molecule has 0 bridgehead atoms. The Morgan fingerprint density at radius 3 is 2.95 bits per heavy atom. The largest absolute Gasteiger partial charge is 0.409 e. The van der Waals surface area contributed by atoms with Crippen LogP contribution in [0.4, 0.5) is 0 Å². The molecule has 0 atom stereocenters. The molecule has 0 spiro atoms. The van der Waals surface area contributed by atoms with Gasteiger partial charge in [-0.3, -0.25) is 4.98 Å². The van der Waals surface area contributed by atoms with E-state index in [4.69, 9.17) is 10.9 Å². The van der Waals surface area contributed by atoms with Crippen LogP contribution in [0, 0.1) is 0 Å². The number of rotatable bonds is 6. The summed E-state index contributed by atoms with van der Waals surface area (Å²) in [6.45, 7) is 5.46. The summed E-state index contributed by atoms with van der Waals surface area (Å²) in [5.74, 6) is 0.0477. The first kappa shape index (κ1) is 14.7. The standard InChI is InChI=1S/C14H23N5O/c1-18(8-9-19-6-2-3-7-19)11-12-4-5-16-13(10-12)14(15)17-20/h4-5,10,20H,2-3,6-9,11H2,1H3,(H2,15,17). The molecule has 1 aromatic rings. The van der Waals surface area contributed by atoms with Crippen molar-refractivity contribution < 1.29 is 5.21 Å². The molecule has 1 aromatic heterocycles. The molecule has 6 nitrogen and oxygen atoms in total. The van der Waals surface area contributed by atoms with Crippen molar-refractivity contribution in [2.75, 3.05) is 33.2 Å². The molecule has 0 amide bonds. The SMILES string of the molecule is CN(CCN1CCCC1)Cc1ccnc(C(N)=NO)c1. The Labute approximate surface area is 119 Å². The molecule has 0 aromatic carbocycles. The van der Waals surface area contributed by atoms with Gasteiger partial charge in [0.2, 0.25) is 0 Å². The molecule has 3 N–H and O–H groups in total. The van der Waals surface area contributed by atoms with Crippen molar-refractivity contribution in [3.05, 3.63) is 29.6 Å². The highest BCUT2D eigenvalue weighted by molar-refractivity contribution is 5.95. The Balaban J connectivity index is 1.85. The van der Waals surface area contributed by atoms with E-state index in [0.29, 0.717) is 5.69 Å². The van der Waals surface area contributed by atoms with Crippen LogP contribution in [0.3, 0.4) is 0 Å². The zero-order chi connectivity index (χ0) is 14.4. The highest BCUT2D eigenvalue weighted by atomic mass is 16.4. The van der Waals surface area contributed by atoms with E-state index in [-0.39, 0.29) is 5.84 Å². The second kappa shape index (κ2) is 7.21. The summed E-state index contributed by atoms with van der Waals surface area (Å²) in [6.07, 6.45) is 4.35. The first-order valence-corrected chi connectivity index (χ1v) is 7.03. The van der Waals surface area contributed by atoms with Crippen LogP contribution in [0.25, 0.3) is 0 Å². The van der Waals surface area contributed by atoms with Crippen LogP contribution < -0.4 is 5.73 Å². The average Bonchev–Trinajstić information content (AvgIpc) is 2.98. The second-order valence-corrected chi connectivity index (χ2v) is 5.32. The fraction of sp³-hybridized carbons (Fsp3) is 0.571. The summed E-state index contributed by atoms with van der Waals surface area (Å²) in [5.41, 5.74) is 7.18. The number of hydrogen-bond donors (Lipinski definition) is 2. The van der Waals surface area contributed by atoms with E-state index in [9.17, 15) is 0 Å². The molecule has 1 aliphatic heterocycles. The van der Waals surface area contributed by atoms with Crippen LogP contribution in [0.1, 0.15) is 24.1 Å². The summed E-state index contributed by atoms with van der Waals surface area (Å²) in [4.78, 5) is 8.87. The Kier molecular flexibility index (Phi) is 5.31. The smallest absolute Gasteiger partial charge is 0.188 e. The lowest BCUT2D eigenvalue weighted by Gasteiger charge is -2.21. The zero-order valence-electron chi connectivity index (χ0n) is 12.0. The molecule has 1 aliphatic rings. The van der Waals surface area contributed by atoms with Crippen LogP contribution in [-0.4, -0.2) is 59.1 Å². The number of nitrogens with two attached hydrogens (primary N) is 1. The average molecular weight is 277 g/mol. The molecule has 1 saturated heterocycles. The van der Waals surface area contributed by atoms with Crippen molar-refractivity contribution in [1.82, 2.24) is 14.8 Å². The third-order valence-electron chi connectivity index (χ3n) is 3.64. The maximum absolute atomic E-state index is 8.67. The maximum Gasteiger partial charge on any atom is 0.188 e. The quantitative estimate of drug-likeness (QED) is 0.346. The van der Waals surface area contributed by atoms with Gasteiger partial charge in [0, 0.05) is 25.8 Å². The molecule has 2 heterocycles. The molecule has 110 valence electrons. The van der Waals surface area contributed by atoms with Gasteiger partial charge >= 0.3 is 0 Å². The summed E-state index contributed by atoms with van der Waals surface area (Å²) in [7, 11) is 2.11. The highest BCUT2D eigenvalue weighted by Crippen LogP contribution is 2.08. The van der Waals surface area contributed by atoms with Crippen molar-refractivity contribution >= 4 is 5.84 Å². The predicted molar refractivity (Wildman–Crippen MR) is 78.8 cm³/mol. The van der Waals surface area contributed by atoms with Gasteiger partial charge in [-0.25, -0.2) is 0 Å². The van der Waals surface area contributed by atoms with E-state index in [2.05, 4.69) is 27.0 Å². The molecule has 0 saturated carbocycles. The van der Waals surface area contributed by atoms with Crippen molar-refractivity contribution in [2.45, 2.75) is 19.4 Å². The Morgan fingerprint density at radius 1 is 1.50 bits per heavy atom. The number of oxime groups is 1. The van der Waals surface area contributed by atoms with Crippen LogP contribution in [0.2, 0.25) is 0 Å². The monoisotopic (exact) mass is 277 g/mol. The molecule has 2 rings (SSSR count). The number of amidine groups is 1. The fourth-order valence-corrected chi connectivity index (χ4v) is 2.47. The van der Waals surface area contributed by atoms with Crippen LogP contribution >= 0.6 is 0 Å². The van der Waals surface area contributed by atoms with E-state index < -0.39 is 0 Å². The van der Waals surface area contributed by atoms with Gasteiger partial charge in [-0.2, -0.15) is 0 Å². The van der Waals surface area contributed by atoms with Crippen molar-refractivity contribution in [3.8, 4) is 0 Å². The molecule has 20 heavy (non-hydrogen) atoms. The molecule has 0 radical (unpaired) electrons. The molecular formula is C14H23N5O. The number of nitrogens with zero attached hydrogens (tertiary/aromatic N) is 4. The lowest BCUT2D eigenvalue weighted by molar-refractivity contribution is 0.252. The first-order chi connectivity index (χ1) is 9.69. The van der Waals surface area contributed by atoms with Gasteiger partial charge in [-0.15, -0.1) is 0 Å². The van der Waals surface area contributed by atoms with Crippen molar-refractivity contribution in [3.63, 3.8) is 0 Å². The predicted octanol–water partition coefficient (Wildman–Crippen LogP) is 0.704. The summed E-state index contributed by atoms with van der Waals surface area (Å²) >= 11 is 0. The number of hydrogen-bond acceptors (Lipinski definition) is 5. The molecular weight excluding hydrogens is 254 g/mol. The van der Waals surface area contributed by atoms with Gasteiger partial charge in [0.1, 0.15) is 5.69 Å². The number of likely N-dealkylation sites (tertiary alicyclic amines) is 1. The summed E-state index contributed by atoms with van der Waals surface area (Å²) in [5, 5.41) is 11.7. The van der Waals surface area contributed by atoms with Crippen molar-refractivity contribution in [2.24, 2.45) is 10.9 Å². The molecule has 0 aliphatic carbocycles. The highest BCUT2D eigenvalue weighted by Gasteiger charge is 2.12. The lowest BCUT2D eigenvalue weighted by Crippen LogP contribution is -2.31. The fourth-order valence-electron chi connectivity index (χ4n) is 2.47. The van der Waals surface area contributed by atoms with Gasteiger partial charge < -0.3 is 20.7 Å². The molecule has 1 fully saturated rings. The van der Waals surface area contributed by atoms with Gasteiger partial charge in [-0.05, 0) is 50.7 Å². The third kappa shape index (κ3) is 4.18. The van der Waals surface area contributed by atoms with E-state index in [1.807, 2.05) is 12.1 Å². The number of likely N-dealkylation sites (N-methyl/N-ethyl adjacent to an activating group) is 1. The van der Waals surface area contributed by atoms with Gasteiger partial charge in [0.25, 0.3) is 0 Å². The minimum atomic E-state index is 0.0477. The summed E-state index contributed by atoms with van der Waals surface area (Å²) < 4.78 is 0. The zero-order valence-corrected chi connectivity index (χ0v) is 12.0. The number of pyridine rings is 1. The van der Waals surface area contributed by atoms with E-state index in [1.165, 1.54) is 25.9 Å². The molecule has 0 unspecified atom stereocenters. The first-order valence-electron chi connectivity index (χ1n) is 7.03. The Morgan fingerprint density at radius 2 is 2.25 bits per heavy atom. The van der Waals surface area contributed by atoms with E-state index >= 15 is 0 Å². The van der Waals surface area contributed by atoms with Crippen LogP contribution in [-0.2, 0) is 6.54 Å². The van der Waals surface area contributed by atoms with Crippen molar-refractivity contribution in [1.29, 1.82) is 0 Å². The minimum absolute atomic E-state index is 0.0477. The van der Waals surface area contributed by atoms with E-state index in [0.717, 1.165) is 25.2 Å². The lowest BCUT2D eigenvalue weighted by atomic mass is 10.2. The van der Waals surface area contributed by atoms with E-state index in [1.54, 1.807) is 6.20 Å².